The van der Waals surface area contributed by atoms with E-state index in [4.69, 9.17) is 16.3 Å². The molecule has 1 aliphatic rings. The molecule has 4 nitrogen and oxygen atoms in total. The molecule has 1 saturated heterocycles. The Morgan fingerprint density at radius 1 is 1.56 bits per heavy atom. The summed E-state index contributed by atoms with van der Waals surface area (Å²) in [4.78, 5) is 12.2. The Morgan fingerprint density at radius 2 is 2.28 bits per heavy atom. The van der Waals surface area contributed by atoms with Crippen molar-refractivity contribution in [3.05, 3.63) is 16.4 Å². The molecule has 0 aliphatic carbocycles. The lowest BCUT2D eigenvalue weighted by molar-refractivity contribution is -0.128. The van der Waals surface area contributed by atoms with Crippen molar-refractivity contribution in [2.45, 2.75) is 58.8 Å². The summed E-state index contributed by atoms with van der Waals surface area (Å²) >= 11 is 6.20. The van der Waals surface area contributed by atoms with E-state index in [2.05, 4.69) is 5.10 Å². The van der Waals surface area contributed by atoms with E-state index >= 15 is 0 Å². The minimum absolute atomic E-state index is 0.107. The van der Waals surface area contributed by atoms with E-state index in [-0.39, 0.29) is 18.0 Å². The van der Waals surface area contributed by atoms with E-state index in [0.29, 0.717) is 11.4 Å². The molecule has 1 aromatic rings. The molecule has 2 heterocycles. The quantitative estimate of drug-likeness (QED) is 0.845. The Hall–Kier alpha value is -0.870. The highest BCUT2D eigenvalue weighted by atomic mass is 35.5. The van der Waals surface area contributed by atoms with Crippen LogP contribution in [-0.2, 0) is 22.5 Å². The van der Waals surface area contributed by atoms with Crippen LogP contribution in [0.25, 0.3) is 0 Å². The highest BCUT2D eigenvalue weighted by molar-refractivity contribution is 6.32. The molecule has 100 valence electrons. The van der Waals surface area contributed by atoms with Crippen molar-refractivity contribution < 1.29 is 9.53 Å². The molecular weight excluding hydrogens is 252 g/mol. The average molecular weight is 271 g/mol. The van der Waals surface area contributed by atoms with Gasteiger partial charge in [0.1, 0.15) is 6.10 Å². The highest BCUT2D eigenvalue weighted by Crippen LogP contribution is 2.25. The number of carbonyl (C=O) groups excluding carboxylic acids is 1. The molecule has 0 bridgehead atoms. The van der Waals surface area contributed by atoms with Crippen molar-refractivity contribution in [3.8, 4) is 0 Å². The first-order chi connectivity index (χ1) is 8.52. The van der Waals surface area contributed by atoms with Gasteiger partial charge in [0.05, 0.1) is 28.9 Å². The van der Waals surface area contributed by atoms with E-state index < -0.39 is 0 Å². The number of hydrogen-bond donors (Lipinski definition) is 0. The molecular formula is C13H19ClN2O2. The number of aromatic nitrogens is 2. The Kier molecular flexibility index (Phi) is 4.07. The Balaban J connectivity index is 2.11. The smallest absolute Gasteiger partial charge is 0.167 e. The molecule has 1 aliphatic heterocycles. The molecule has 2 unspecified atom stereocenters. The average Bonchev–Trinajstić information content (AvgIpc) is 2.88. The standard InChI is InChI=1S/C13H19ClN2O2/c1-4-16-10(13(14)9(3)15-16)7-11(17)12-6-5-8(2)18-12/h8,12H,4-7H2,1-3H3. The zero-order chi connectivity index (χ0) is 13.3. The van der Waals surface area contributed by atoms with Crippen molar-refractivity contribution in [3.63, 3.8) is 0 Å². The van der Waals surface area contributed by atoms with Gasteiger partial charge in [0.2, 0.25) is 0 Å². The van der Waals surface area contributed by atoms with Crippen LogP contribution in [0.3, 0.4) is 0 Å². The Labute approximate surface area is 112 Å². The molecule has 0 N–H and O–H groups in total. The number of Topliss-reactive ketones (excluding diaryl/α,β-unsaturated/α-hetero) is 1. The summed E-state index contributed by atoms with van der Waals surface area (Å²) in [6, 6.07) is 0. The Bertz CT molecular complexity index is 456. The van der Waals surface area contributed by atoms with Gasteiger partial charge >= 0.3 is 0 Å². The van der Waals surface area contributed by atoms with Crippen molar-refractivity contribution in [1.29, 1.82) is 0 Å². The fourth-order valence-corrected chi connectivity index (χ4v) is 2.56. The van der Waals surface area contributed by atoms with Crippen LogP contribution < -0.4 is 0 Å². The molecule has 0 aromatic carbocycles. The number of carbonyl (C=O) groups is 1. The van der Waals surface area contributed by atoms with Crippen LogP contribution in [0, 0.1) is 6.92 Å². The van der Waals surface area contributed by atoms with E-state index in [0.717, 1.165) is 30.8 Å². The topological polar surface area (TPSA) is 44.1 Å². The predicted octanol–water partition coefficient (Wildman–Crippen LogP) is 2.54. The van der Waals surface area contributed by atoms with Gasteiger partial charge in [0.25, 0.3) is 0 Å². The van der Waals surface area contributed by atoms with Crippen molar-refractivity contribution in [1.82, 2.24) is 9.78 Å². The van der Waals surface area contributed by atoms with Gasteiger partial charge in [-0.15, -0.1) is 0 Å². The van der Waals surface area contributed by atoms with Gasteiger partial charge in [-0.2, -0.15) is 5.10 Å². The Morgan fingerprint density at radius 3 is 2.83 bits per heavy atom. The summed E-state index contributed by atoms with van der Waals surface area (Å²) in [5.74, 6) is 0.107. The molecule has 0 amide bonds. The van der Waals surface area contributed by atoms with Crippen LogP contribution in [0.2, 0.25) is 5.02 Å². The molecule has 2 atom stereocenters. The number of ketones is 1. The molecule has 1 aromatic heterocycles. The first kappa shape index (κ1) is 13.6. The monoisotopic (exact) mass is 270 g/mol. The molecule has 0 saturated carbocycles. The molecule has 5 heteroatoms. The van der Waals surface area contributed by atoms with Crippen LogP contribution >= 0.6 is 11.6 Å². The first-order valence-corrected chi connectivity index (χ1v) is 6.80. The lowest BCUT2D eigenvalue weighted by Gasteiger charge is -2.11. The number of halogens is 1. The number of rotatable bonds is 4. The number of ether oxygens (including phenoxy) is 1. The van der Waals surface area contributed by atoms with Crippen molar-refractivity contribution in [2.75, 3.05) is 0 Å². The fourth-order valence-electron chi connectivity index (χ4n) is 2.36. The van der Waals surface area contributed by atoms with Crippen LogP contribution in [0.5, 0.6) is 0 Å². The fraction of sp³-hybridized carbons (Fsp3) is 0.692. The van der Waals surface area contributed by atoms with E-state index in [9.17, 15) is 4.79 Å². The summed E-state index contributed by atoms with van der Waals surface area (Å²) in [6.07, 6.45) is 2.00. The van der Waals surface area contributed by atoms with Gasteiger partial charge in [-0.3, -0.25) is 9.48 Å². The molecule has 1 fully saturated rings. The van der Waals surface area contributed by atoms with Gasteiger partial charge in [-0.25, -0.2) is 0 Å². The number of aryl methyl sites for hydroxylation is 2. The third-order valence-electron chi connectivity index (χ3n) is 3.39. The predicted molar refractivity (Wildman–Crippen MR) is 69.9 cm³/mol. The minimum Gasteiger partial charge on any atom is -0.367 e. The van der Waals surface area contributed by atoms with Gasteiger partial charge in [-0.05, 0) is 33.6 Å². The SMILES string of the molecule is CCn1nc(C)c(Cl)c1CC(=O)C1CCC(C)O1. The first-order valence-electron chi connectivity index (χ1n) is 6.42. The third-order valence-corrected chi connectivity index (χ3v) is 3.88. The van der Waals surface area contributed by atoms with Crippen LogP contribution in [0.1, 0.15) is 38.1 Å². The summed E-state index contributed by atoms with van der Waals surface area (Å²) in [7, 11) is 0. The summed E-state index contributed by atoms with van der Waals surface area (Å²) in [5.41, 5.74) is 1.59. The second-order valence-electron chi connectivity index (χ2n) is 4.82. The zero-order valence-corrected chi connectivity index (χ0v) is 11.8. The largest absolute Gasteiger partial charge is 0.367 e. The number of nitrogens with zero attached hydrogens (tertiary/aromatic N) is 2. The van der Waals surface area contributed by atoms with E-state index in [1.807, 2.05) is 20.8 Å². The van der Waals surface area contributed by atoms with Gasteiger partial charge in [0.15, 0.2) is 5.78 Å². The maximum atomic E-state index is 12.2. The van der Waals surface area contributed by atoms with E-state index in [1.54, 1.807) is 4.68 Å². The summed E-state index contributed by atoms with van der Waals surface area (Å²) in [6.45, 7) is 6.57. The summed E-state index contributed by atoms with van der Waals surface area (Å²) in [5, 5.41) is 4.92. The van der Waals surface area contributed by atoms with Crippen molar-refractivity contribution in [2.24, 2.45) is 0 Å². The normalized spacial score (nSPS) is 23.6. The molecule has 18 heavy (non-hydrogen) atoms. The summed E-state index contributed by atoms with van der Waals surface area (Å²) < 4.78 is 7.39. The second kappa shape index (κ2) is 5.41. The second-order valence-corrected chi connectivity index (χ2v) is 5.20. The lowest BCUT2D eigenvalue weighted by atomic mass is 10.1. The maximum absolute atomic E-state index is 12.2. The van der Waals surface area contributed by atoms with Crippen LogP contribution in [0.15, 0.2) is 0 Å². The minimum atomic E-state index is -0.267. The van der Waals surface area contributed by atoms with Crippen molar-refractivity contribution >= 4 is 17.4 Å². The van der Waals surface area contributed by atoms with Crippen LogP contribution in [-0.4, -0.2) is 27.8 Å². The van der Waals surface area contributed by atoms with E-state index in [1.165, 1.54) is 0 Å². The third kappa shape index (κ3) is 2.59. The number of hydrogen-bond acceptors (Lipinski definition) is 3. The highest BCUT2D eigenvalue weighted by Gasteiger charge is 2.29. The molecule has 0 radical (unpaired) electrons. The lowest BCUT2D eigenvalue weighted by Crippen LogP contribution is -2.24. The molecule has 0 spiro atoms. The maximum Gasteiger partial charge on any atom is 0.167 e. The zero-order valence-electron chi connectivity index (χ0n) is 11.1. The van der Waals surface area contributed by atoms with Gasteiger partial charge in [0, 0.05) is 6.54 Å². The molecule has 2 rings (SSSR count). The van der Waals surface area contributed by atoms with Gasteiger partial charge in [-0.1, -0.05) is 11.6 Å². The van der Waals surface area contributed by atoms with Crippen LogP contribution in [0.4, 0.5) is 0 Å². The van der Waals surface area contributed by atoms with Gasteiger partial charge < -0.3 is 4.74 Å².